The number of H-pyrrole nitrogens is 1. The fraction of sp³-hybridized carbons (Fsp3) is 0.500. The summed E-state index contributed by atoms with van der Waals surface area (Å²) in [6.45, 7) is 5.07. The van der Waals surface area contributed by atoms with E-state index in [-0.39, 0.29) is 17.5 Å². The summed E-state index contributed by atoms with van der Waals surface area (Å²) in [5.74, 6) is 0.169. The van der Waals surface area contributed by atoms with E-state index in [0.717, 1.165) is 62.3 Å². The third-order valence-corrected chi connectivity index (χ3v) is 7.06. The number of aromatic amines is 1. The molecule has 5 heterocycles. The van der Waals surface area contributed by atoms with E-state index in [4.69, 9.17) is 4.98 Å². The second kappa shape index (κ2) is 8.00. The second-order valence-corrected chi connectivity index (χ2v) is 9.07. The van der Waals surface area contributed by atoms with Crippen LogP contribution in [0, 0.1) is 0 Å². The lowest BCUT2D eigenvalue weighted by Gasteiger charge is -2.35. The van der Waals surface area contributed by atoms with Crippen molar-refractivity contribution < 1.29 is 4.79 Å². The van der Waals surface area contributed by atoms with Gasteiger partial charge in [-0.15, -0.1) is 0 Å². The molecule has 3 aromatic heterocycles. The van der Waals surface area contributed by atoms with Gasteiger partial charge >= 0.3 is 0 Å². The summed E-state index contributed by atoms with van der Waals surface area (Å²) >= 11 is 1.70. The van der Waals surface area contributed by atoms with Gasteiger partial charge in [-0.3, -0.25) is 19.6 Å². The minimum absolute atomic E-state index is 0.000539. The molecule has 0 aliphatic carbocycles. The minimum atomic E-state index is -0.0135. The quantitative estimate of drug-likeness (QED) is 0.697. The number of piperidine rings is 1. The Bertz CT molecular complexity index is 1120. The molecular formula is C22H27N5O2S. The molecule has 5 rings (SSSR count). The SMILES string of the molecule is CCC(=O)N1CCCCC1c1cc2nc3c(c(=O)n2[nH]1)CN(Cc1ccsc1)CC3. The van der Waals surface area contributed by atoms with E-state index in [2.05, 4.69) is 26.8 Å². The molecule has 8 heteroatoms. The highest BCUT2D eigenvalue weighted by Gasteiger charge is 2.29. The Balaban J connectivity index is 1.46. The van der Waals surface area contributed by atoms with E-state index < -0.39 is 0 Å². The van der Waals surface area contributed by atoms with Gasteiger partial charge in [0.25, 0.3) is 5.56 Å². The van der Waals surface area contributed by atoms with Gasteiger partial charge in [-0.25, -0.2) is 9.50 Å². The summed E-state index contributed by atoms with van der Waals surface area (Å²) in [5.41, 5.74) is 4.55. The van der Waals surface area contributed by atoms with Crippen molar-refractivity contribution in [1.82, 2.24) is 24.4 Å². The zero-order chi connectivity index (χ0) is 20.7. The number of likely N-dealkylation sites (tertiary alicyclic amines) is 1. The lowest BCUT2D eigenvalue weighted by atomic mass is 9.99. The summed E-state index contributed by atoms with van der Waals surface area (Å²) in [7, 11) is 0. The Morgan fingerprint density at radius 3 is 3.03 bits per heavy atom. The van der Waals surface area contributed by atoms with Gasteiger partial charge in [-0.1, -0.05) is 6.92 Å². The van der Waals surface area contributed by atoms with Crippen LogP contribution in [0.1, 0.15) is 61.2 Å². The number of hydrogen-bond acceptors (Lipinski definition) is 5. The van der Waals surface area contributed by atoms with Gasteiger partial charge in [-0.2, -0.15) is 11.3 Å². The molecule has 30 heavy (non-hydrogen) atoms. The van der Waals surface area contributed by atoms with Crippen LogP contribution in [0.25, 0.3) is 5.65 Å². The van der Waals surface area contributed by atoms with Crippen LogP contribution in [0.15, 0.2) is 27.7 Å². The monoisotopic (exact) mass is 425 g/mol. The molecule has 7 nitrogen and oxygen atoms in total. The average Bonchev–Trinajstić information content (AvgIpc) is 3.44. The Morgan fingerprint density at radius 2 is 2.23 bits per heavy atom. The fourth-order valence-electron chi connectivity index (χ4n) is 4.76. The molecule has 0 spiro atoms. The van der Waals surface area contributed by atoms with Crippen molar-refractivity contribution in [3.63, 3.8) is 0 Å². The summed E-state index contributed by atoms with van der Waals surface area (Å²) in [6.07, 6.45) is 4.33. The van der Waals surface area contributed by atoms with Crippen LogP contribution in [-0.2, 0) is 24.3 Å². The van der Waals surface area contributed by atoms with Gasteiger partial charge < -0.3 is 4.90 Å². The molecule has 2 aliphatic heterocycles. The molecule has 1 N–H and O–H groups in total. The van der Waals surface area contributed by atoms with Gasteiger partial charge in [0, 0.05) is 45.1 Å². The number of thiophene rings is 1. The molecule has 1 saturated heterocycles. The third-order valence-electron chi connectivity index (χ3n) is 6.33. The number of carbonyl (C=O) groups excluding carboxylic acids is 1. The molecule has 1 unspecified atom stereocenters. The zero-order valence-electron chi connectivity index (χ0n) is 17.3. The van der Waals surface area contributed by atoms with Crippen LogP contribution in [0.3, 0.4) is 0 Å². The van der Waals surface area contributed by atoms with E-state index in [0.29, 0.717) is 18.6 Å². The first kappa shape index (κ1) is 19.5. The molecule has 158 valence electrons. The second-order valence-electron chi connectivity index (χ2n) is 8.29. The lowest BCUT2D eigenvalue weighted by molar-refractivity contribution is -0.134. The normalized spacial score (nSPS) is 19.9. The van der Waals surface area contributed by atoms with Crippen molar-refractivity contribution in [3.8, 4) is 0 Å². The van der Waals surface area contributed by atoms with Crippen LogP contribution in [0.2, 0.25) is 0 Å². The summed E-state index contributed by atoms with van der Waals surface area (Å²) < 4.78 is 1.57. The van der Waals surface area contributed by atoms with Crippen molar-refractivity contribution in [2.45, 2.75) is 58.2 Å². The van der Waals surface area contributed by atoms with Crippen molar-refractivity contribution in [2.24, 2.45) is 0 Å². The number of hydrogen-bond donors (Lipinski definition) is 1. The van der Waals surface area contributed by atoms with Crippen LogP contribution in [-0.4, -0.2) is 43.4 Å². The molecule has 0 saturated carbocycles. The van der Waals surface area contributed by atoms with Gasteiger partial charge in [0.05, 0.1) is 23.0 Å². The van der Waals surface area contributed by atoms with Crippen molar-refractivity contribution in [2.75, 3.05) is 13.1 Å². The number of rotatable bonds is 4. The Hall–Kier alpha value is -2.45. The highest BCUT2D eigenvalue weighted by Crippen LogP contribution is 2.31. The third kappa shape index (κ3) is 3.48. The first-order valence-electron chi connectivity index (χ1n) is 10.8. The maximum Gasteiger partial charge on any atom is 0.277 e. The zero-order valence-corrected chi connectivity index (χ0v) is 18.1. The standard InChI is InChI=1S/C22H27N5O2S/c1-2-21(28)26-8-4-3-5-19(26)18-11-20-23-17-6-9-25(12-15-7-10-30-14-15)13-16(17)22(29)27(20)24-18/h7,10-11,14,19,24H,2-6,8-9,12-13H2,1H3. The van der Waals surface area contributed by atoms with E-state index >= 15 is 0 Å². The van der Waals surface area contributed by atoms with E-state index in [1.165, 1.54) is 5.56 Å². The maximum absolute atomic E-state index is 13.3. The van der Waals surface area contributed by atoms with Crippen LogP contribution < -0.4 is 5.56 Å². The summed E-state index contributed by atoms with van der Waals surface area (Å²) in [6, 6.07) is 4.10. The van der Waals surface area contributed by atoms with E-state index in [9.17, 15) is 9.59 Å². The van der Waals surface area contributed by atoms with E-state index in [1.807, 2.05) is 17.9 Å². The molecule has 0 radical (unpaired) electrons. The van der Waals surface area contributed by atoms with Gasteiger partial charge in [0.1, 0.15) is 0 Å². The first-order valence-corrected chi connectivity index (χ1v) is 11.7. The van der Waals surface area contributed by atoms with Gasteiger partial charge in [0.15, 0.2) is 5.65 Å². The largest absolute Gasteiger partial charge is 0.334 e. The Labute approximate surface area is 179 Å². The predicted molar refractivity (Wildman–Crippen MR) is 117 cm³/mol. The van der Waals surface area contributed by atoms with Crippen LogP contribution in [0.4, 0.5) is 0 Å². The number of fused-ring (bicyclic) bond motifs is 2. The number of nitrogens with one attached hydrogen (secondary N) is 1. The highest BCUT2D eigenvalue weighted by atomic mass is 32.1. The molecule has 0 bridgehead atoms. The first-order chi connectivity index (χ1) is 14.6. The molecule has 3 aromatic rings. The molecule has 1 atom stereocenters. The smallest absolute Gasteiger partial charge is 0.277 e. The average molecular weight is 426 g/mol. The lowest BCUT2D eigenvalue weighted by Crippen LogP contribution is -2.38. The van der Waals surface area contributed by atoms with E-state index in [1.54, 1.807) is 15.9 Å². The number of amides is 1. The Kier molecular flexibility index (Phi) is 5.20. The molecule has 2 aliphatic rings. The highest BCUT2D eigenvalue weighted by molar-refractivity contribution is 7.07. The number of nitrogens with zero attached hydrogens (tertiary/aromatic N) is 4. The summed E-state index contributed by atoms with van der Waals surface area (Å²) in [5, 5.41) is 7.53. The molecule has 1 fully saturated rings. The molecular weight excluding hydrogens is 398 g/mol. The fourth-order valence-corrected chi connectivity index (χ4v) is 5.42. The molecule has 0 aromatic carbocycles. The van der Waals surface area contributed by atoms with Crippen molar-refractivity contribution in [3.05, 3.63) is 55.8 Å². The van der Waals surface area contributed by atoms with Crippen LogP contribution >= 0.6 is 11.3 Å². The van der Waals surface area contributed by atoms with Crippen LogP contribution in [0.5, 0.6) is 0 Å². The number of carbonyl (C=O) groups is 1. The molecule has 1 amide bonds. The summed E-state index contributed by atoms with van der Waals surface area (Å²) in [4.78, 5) is 34.8. The Morgan fingerprint density at radius 1 is 1.33 bits per heavy atom. The maximum atomic E-state index is 13.3. The van der Waals surface area contributed by atoms with Crippen molar-refractivity contribution in [1.29, 1.82) is 0 Å². The number of aromatic nitrogens is 3. The van der Waals surface area contributed by atoms with Gasteiger partial charge in [-0.05, 0) is 41.7 Å². The minimum Gasteiger partial charge on any atom is -0.334 e. The topological polar surface area (TPSA) is 73.7 Å². The van der Waals surface area contributed by atoms with Crippen molar-refractivity contribution >= 4 is 22.9 Å². The van der Waals surface area contributed by atoms with Gasteiger partial charge in [0.2, 0.25) is 5.91 Å². The predicted octanol–water partition coefficient (Wildman–Crippen LogP) is 3.11.